The number of ether oxygens (including phenoxy) is 2. The number of hydrogen-bond donors (Lipinski definition) is 1. The van der Waals surface area contributed by atoms with Gasteiger partial charge in [0.25, 0.3) is 5.91 Å². The maximum Gasteiger partial charge on any atom is 0.312 e. The predicted octanol–water partition coefficient (Wildman–Crippen LogP) is 1.77. The van der Waals surface area contributed by atoms with E-state index in [9.17, 15) is 14.4 Å². The van der Waals surface area contributed by atoms with Crippen LogP contribution < -0.4 is 15.0 Å². The summed E-state index contributed by atoms with van der Waals surface area (Å²) in [4.78, 5) is 37.7. The van der Waals surface area contributed by atoms with E-state index in [1.165, 1.54) is 18.9 Å². The minimum atomic E-state index is -0.905. The van der Waals surface area contributed by atoms with Crippen LogP contribution in [0.5, 0.6) is 5.75 Å². The molecule has 1 aromatic carbocycles. The lowest BCUT2D eigenvalue weighted by atomic mass is 10.1. The third kappa shape index (κ3) is 4.42. The Hall–Kier alpha value is -2.28. The van der Waals surface area contributed by atoms with Crippen LogP contribution in [0.4, 0.5) is 5.69 Å². The van der Waals surface area contributed by atoms with E-state index in [2.05, 4.69) is 5.32 Å². The number of halogens is 1. The predicted molar refractivity (Wildman–Crippen MR) is 92.7 cm³/mol. The standard InChI is InChI=1S/C17H21ClN2O5/c1-4-19-16(22)10(2)25-17(23)11-7-15(21)20(9-11)13-8-12(18)5-6-14(13)24-3/h5-6,8,10-11H,4,7,9H2,1-3H3,(H,19,22)/t10-,11-/m0/s1. The van der Waals surface area contributed by atoms with Gasteiger partial charge < -0.3 is 19.7 Å². The summed E-state index contributed by atoms with van der Waals surface area (Å²) in [5.41, 5.74) is 0.507. The molecule has 0 unspecified atom stereocenters. The summed E-state index contributed by atoms with van der Waals surface area (Å²) in [5.74, 6) is -1.33. The Kier molecular flexibility index (Phi) is 6.25. The van der Waals surface area contributed by atoms with Gasteiger partial charge in [-0.3, -0.25) is 14.4 Å². The molecule has 2 rings (SSSR count). The minimum absolute atomic E-state index is 0.0105. The topological polar surface area (TPSA) is 84.9 Å². The molecule has 136 valence electrons. The summed E-state index contributed by atoms with van der Waals surface area (Å²) in [7, 11) is 1.49. The first-order valence-electron chi connectivity index (χ1n) is 7.99. The molecule has 1 fully saturated rings. The molecule has 7 nitrogen and oxygen atoms in total. The zero-order valence-corrected chi connectivity index (χ0v) is 15.1. The lowest BCUT2D eigenvalue weighted by Gasteiger charge is -2.20. The minimum Gasteiger partial charge on any atom is -0.495 e. The van der Waals surface area contributed by atoms with Crippen LogP contribution in [0.1, 0.15) is 20.3 Å². The first-order chi connectivity index (χ1) is 11.9. The van der Waals surface area contributed by atoms with Crippen molar-refractivity contribution in [1.82, 2.24) is 5.32 Å². The molecule has 1 aliphatic heterocycles. The van der Waals surface area contributed by atoms with Gasteiger partial charge in [-0.25, -0.2) is 0 Å². The highest BCUT2D eigenvalue weighted by Gasteiger charge is 2.38. The van der Waals surface area contributed by atoms with Gasteiger partial charge in [-0.2, -0.15) is 0 Å². The van der Waals surface area contributed by atoms with E-state index in [0.717, 1.165) is 0 Å². The van der Waals surface area contributed by atoms with E-state index >= 15 is 0 Å². The van der Waals surface area contributed by atoms with Crippen LogP contribution in [0.2, 0.25) is 5.02 Å². The molecule has 0 radical (unpaired) electrons. The second kappa shape index (κ2) is 8.20. The van der Waals surface area contributed by atoms with E-state index < -0.39 is 18.0 Å². The molecule has 1 saturated heterocycles. The van der Waals surface area contributed by atoms with Crippen LogP contribution >= 0.6 is 11.6 Å². The first kappa shape index (κ1) is 19.1. The summed E-state index contributed by atoms with van der Waals surface area (Å²) in [6.07, 6.45) is -0.895. The molecule has 8 heteroatoms. The summed E-state index contributed by atoms with van der Waals surface area (Å²) in [5, 5.41) is 3.04. The highest BCUT2D eigenvalue weighted by Crippen LogP contribution is 2.35. The Morgan fingerprint density at radius 1 is 1.44 bits per heavy atom. The fraction of sp³-hybridized carbons (Fsp3) is 0.471. The summed E-state index contributed by atoms with van der Waals surface area (Å²) in [6, 6.07) is 4.93. The Morgan fingerprint density at radius 2 is 2.16 bits per heavy atom. The van der Waals surface area contributed by atoms with E-state index in [-0.39, 0.29) is 24.8 Å². The monoisotopic (exact) mass is 368 g/mol. The normalized spacial score (nSPS) is 18.0. The third-order valence-electron chi connectivity index (χ3n) is 3.90. The number of amides is 2. The van der Waals surface area contributed by atoms with E-state index in [0.29, 0.717) is 23.0 Å². The Balaban J connectivity index is 2.08. The average Bonchev–Trinajstić information content (AvgIpc) is 2.96. The molecule has 0 saturated carbocycles. The maximum absolute atomic E-state index is 12.3. The highest BCUT2D eigenvalue weighted by molar-refractivity contribution is 6.31. The van der Waals surface area contributed by atoms with Crippen molar-refractivity contribution in [2.24, 2.45) is 5.92 Å². The van der Waals surface area contributed by atoms with E-state index in [1.807, 2.05) is 0 Å². The molecule has 1 aromatic rings. The average molecular weight is 369 g/mol. The largest absolute Gasteiger partial charge is 0.495 e. The molecule has 1 N–H and O–H groups in total. The van der Waals surface area contributed by atoms with Gasteiger partial charge in [-0.15, -0.1) is 0 Å². The zero-order chi connectivity index (χ0) is 18.6. The van der Waals surface area contributed by atoms with Crippen molar-refractivity contribution >= 4 is 35.1 Å². The van der Waals surface area contributed by atoms with Crippen LogP contribution in [0.3, 0.4) is 0 Å². The van der Waals surface area contributed by atoms with Gasteiger partial charge >= 0.3 is 5.97 Å². The fourth-order valence-electron chi connectivity index (χ4n) is 2.61. The highest BCUT2D eigenvalue weighted by atomic mass is 35.5. The van der Waals surface area contributed by atoms with Crippen molar-refractivity contribution in [2.75, 3.05) is 25.1 Å². The molecule has 25 heavy (non-hydrogen) atoms. The molecule has 2 amide bonds. The van der Waals surface area contributed by atoms with Gasteiger partial charge in [-0.05, 0) is 32.0 Å². The number of carbonyl (C=O) groups is 3. The van der Waals surface area contributed by atoms with Crippen molar-refractivity contribution in [3.05, 3.63) is 23.2 Å². The molecule has 0 spiro atoms. The van der Waals surface area contributed by atoms with Crippen LogP contribution in [0, 0.1) is 5.92 Å². The summed E-state index contributed by atoms with van der Waals surface area (Å²) in [6.45, 7) is 3.87. The van der Waals surface area contributed by atoms with Crippen molar-refractivity contribution in [3.8, 4) is 5.75 Å². The number of esters is 1. The van der Waals surface area contributed by atoms with Gasteiger partial charge in [0.15, 0.2) is 6.10 Å². The van der Waals surface area contributed by atoms with Crippen LogP contribution in [-0.4, -0.2) is 44.1 Å². The molecular weight excluding hydrogens is 348 g/mol. The van der Waals surface area contributed by atoms with Gasteiger partial charge in [0.1, 0.15) is 5.75 Å². The van der Waals surface area contributed by atoms with Crippen molar-refractivity contribution in [2.45, 2.75) is 26.4 Å². The Morgan fingerprint density at radius 3 is 2.80 bits per heavy atom. The van der Waals surface area contributed by atoms with Gasteiger partial charge in [0.05, 0.1) is 18.7 Å². The Bertz CT molecular complexity index is 679. The van der Waals surface area contributed by atoms with Crippen LogP contribution in [0.15, 0.2) is 18.2 Å². The number of likely N-dealkylation sites (N-methyl/N-ethyl adjacent to an activating group) is 1. The lowest BCUT2D eigenvalue weighted by Crippen LogP contribution is -2.37. The number of anilines is 1. The molecule has 1 aliphatic rings. The number of carbonyl (C=O) groups excluding carboxylic acids is 3. The van der Waals surface area contributed by atoms with E-state index in [1.54, 1.807) is 25.1 Å². The second-order valence-electron chi connectivity index (χ2n) is 5.70. The molecule has 1 heterocycles. The third-order valence-corrected chi connectivity index (χ3v) is 4.14. The fourth-order valence-corrected chi connectivity index (χ4v) is 2.78. The van der Waals surface area contributed by atoms with Gasteiger partial charge in [0, 0.05) is 24.5 Å². The van der Waals surface area contributed by atoms with Crippen molar-refractivity contribution in [1.29, 1.82) is 0 Å². The van der Waals surface area contributed by atoms with Gasteiger partial charge in [-0.1, -0.05) is 11.6 Å². The number of rotatable bonds is 6. The molecule has 2 atom stereocenters. The number of benzene rings is 1. The van der Waals surface area contributed by atoms with Crippen molar-refractivity contribution < 1.29 is 23.9 Å². The molecule has 0 bridgehead atoms. The number of hydrogen-bond acceptors (Lipinski definition) is 5. The smallest absolute Gasteiger partial charge is 0.312 e. The first-order valence-corrected chi connectivity index (χ1v) is 8.37. The second-order valence-corrected chi connectivity index (χ2v) is 6.13. The number of methoxy groups -OCH3 is 1. The number of nitrogens with zero attached hydrogens (tertiary/aromatic N) is 1. The van der Waals surface area contributed by atoms with Crippen LogP contribution in [-0.2, 0) is 19.1 Å². The van der Waals surface area contributed by atoms with Crippen LogP contribution in [0.25, 0.3) is 0 Å². The SMILES string of the molecule is CCNC(=O)[C@H](C)OC(=O)[C@H]1CC(=O)N(c2cc(Cl)ccc2OC)C1. The number of nitrogens with one attached hydrogen (secondary N) is 1. The maximum atomic E-state index is 12.3. The lowest BCUT2D eigenvalue weighted by molar-refractivity contribution is -0.158. The van der Waals surface area contributed by atoms with Crippen molar-refractivity contribution in [3.63, 3.8) is 0 Å². The quantitative estimate of drug-likeness (QED) is 0.773. The molecule has 0 aromatic heterocycles. The Labute approximate surface area is 151 Å². The van der Waals surface area contributed by atoms with Gasteiger partial charge in [0.2, 0.25) is 5.91 Å². The van der Waals surface area contributed by atoms with E-state index in [4.69, 9.17) is 21.1 Å². The molecular formula is C17H21ClN2O5. The molecule has 0 aliphatic carbocycles. The summed E-state index contributed by atoms with van der Waals surface area (Å²) < 4.78 is 10.4. The summed E-state index contributed by atoms with van der Waals surface area (Å²) >= 11 is 6.00. The zero-order valence-electron chi connectivity index (χ0n) is 14.4.